The molecule has 1 fully saturated rings. The van der Waals surface area contributed by atoms with Crippen LogP contribution in [0.4, 0.5) is 0 Å². The summed E-state index contributed by atoms with van der Waals surface area (Å²) >= 11 is 0. The van der Waals surface area contributed by atoms with Crippen molar-refractivity contribution in [3.05, 3.63) is 29.8 Å². The summed E-state index contributed by atoms with van der Waals surface area (Å²) < 4.78 is 5.55. The summed E-state index contributed by atoms with van der Waals surface area (Å²) in [4.78, 5) is 11.8. The molecule has 20 heavy (non-hydrogen) atoms. The molecule has 0 spiro atoms. The third-order valence-corrected chi connectivity index (χ3v) is 3.66. The lowest BCUT2D eigenvalue weighted by molar-refractivity contribution is -0.123. The fourth-order valence-corrected chi connectivity index (χ4v) is 2.53. The van der Waals surface area contributed by atoms with Crippen LogP contribution in [0.15, 0.2) is 24.3 Å². The predicted molar refractivity (Wildman–Crippen MR) is 77.7 cm³/mol. The number of carbonyl (C=O) groups is 1. The zero-order valence-corrected chi connectivity index (χ0v) is 12.0. The highest BCUT2D eigenvalue weighted by atomic mass is 16.5. The molecule has 2 N–H and O–H groups in total. The topological polar surface area (TPSA) is 58.6 Å². The van der Waals surface area contributed by atoms with Gasteiger partial charge in [0.2, 0.25) is 5.91 Å². The Morgan fingerprint density at radius 3 is 2.95 bits per heavy atom. The van der Waals surface area contributed by atoms with E-state index >= 15 is 0 Å². The first-order valence-corrected chi connectivity index (χ1v) is 7.32. The van der Waals surface area contributed by atoms with E-state index in [0.717, 1.165) is 37.0 Å². The van der Waals surface area contributed by atoms with Crippen LogP contribution in [0.2, 0.25) is 0 Å². The number of amides is 1. The van der Waals surface area contributed by atoms with Crippen LogP contribution in [0.25, 0.3) is 0 Å². The number of carbonyl (C=O) groups excluding carboxylic acids is 1. The number of aryl methyl sites for hydroxylation is 1. The normalized spacial score (nSPS) is 22.3. The standard InChI is InChI=1S/C16H23NO3/c1-12-5-4-6-13(11-12)20-10-9-16(19)17-14-7-2-3-8-15(14)18/h4-6,11,14-15,18H,2-3,7-10H2,1H3,(H,17,19)/t14-,15-/m0/s1. The van der Waals surface area contributed by atoms with Crippen LogP contribution in [-0.4, -0.2) is 29.8 Å². The Morgan fingerprint density at radius 1 is 1.40 bits per heavy atom. The summed E-state index contributed by atoms with van der Waals surface area (Å²) in [6.45, 7) is 2.36. The van der Waals surface area contributed by atoms with Crippen molar-refractivity contribution in [2.45, 2.75) is 51.2 Å². The zero-order valence-electron chi connectivity index (χ0n) is 12.0. The highest BCUT2D eigenvalue weighted by Crippen LogP contribution is 2.18. The van der Waals surface area contributed by atoms with Crippen molar-refractivity contribution in [3.8, 4) is 5.75 Å². The molecule has 0 radical (unpaired) electrons. The molecular weight excluding hydrogens is 254 g/mol. The number of rotatable bonds is 5. The van der Waals surface area contributed by atoms with Crippen molar-refractivity contribution in [2.75, 3.05) is 6.61 Å². The van der Waals surface area contributed by atoms with E-state index in [1.165, 1.54) is 0 Å². The van der Waals surface area contributed by atoms with Crippen LogP contribution in [0.5, 0.6) is 5.75 Å². The van der Waals surface area contributed by atoms with E-state index in [9.17, 15) is 9.90 Å². The minimum atomic E-state index is -0.398. The first kappa shape index (κ1) is 14.9. The summed E-state index contributed by atoms with van der Waals surface area (Å²) in [5.41, 5.74) is 1.14. The zero-order chi connectivity index (χ0) is 14.4. The molecule has 1 aliphatic rings. The molecule has 0 unspecified atom stereocenters. The van der Waals surface area contributed by atoms with E-state index in [1.807, 2.05) is 31.2 Å². The van der Waals surface area contributed by atoms with Crippen molar-refractivity contribution in [1.82, 2.24) is 5.32 Å². The molecule has 0 aliphatic heterocycles. The third-order valence-electron chi connectivity index (χ3n) is 3.66. The van der Waals surface area contributed by atoms with Gasteiger partial charge in [0.1, 0.15) is 5.75 Å². The fraction of sp³-hybridized carbons (Fsp3) is 0.562. The number of hydrogen-bond donors (Lipinski definition) is 2. The van der Waals surface area contributed by atoms with Gasteiger partial charge in [0.05, 0.1) is 25.2 Å². The number of aliphatic hydroxyl groups is 1. The average Bonchev–Trinajstić information content (AvgIpc) is 2.41. The molecule has 4 heteroatoms. The lowest BCUT2D eigenvalue weighted by atomic mass is 9.92. The summed E-state index contributed by atoms with van der Waals surface area (Å²) in [5, 5.41) is 12.7. The van der Waals surface area contributed by atoms with Crippen LogP contribution in [0.3, 0.4) is 0 Å². The Bertz CT molecular complexity index is 447. The van der Waals surface area contributed by atoms with Crippen molar-refractivity contribution in [2.24, 2.45) is 0 Å². The van der Waals surface area contributed by atoms with Crippen molar-refractivity contribution >= 4 is 5.91 Å². The van der Waals surface area contributed by atoms with Gasteiger partial charge in [0.25, 0.3) is 0 Å². The fourth-order valence-electron chi connectivity index (χ4n) is 2.53. The highest BCUT2D eigenvalue weighted by Gasteiger charge is 2.24. The smallest absolute Gasteiger partial charge is 0.223 e. The van der Waals surface area contributed by atoms with Crippen LogP contribution >= 0.6 is 0 Å². The summed E-state index contributed by atoms with van der Waals surface area (Å²) in [7, 11) is 0. The van der Waals surface area contributed by atoms with Crippen LogP contribution in [-0.2, 0) is 4.79 Å². The van der Waals surface area contributed by atoms with Gasteiger partial charge in [-0.2, -0.15) is 0 Å². The summed E-state index contributed by atoms with van der Waals surface area (Å²) in [6, 6.07) is 7.68. The van der Waals surface area contributed by atoms with Gasteiger partial charge in [-0.25, -0.2) is 0 Å². The van der Waals surface area contributed by atoms with Crippen molar-refractivity contribution in [3.63, 3.8) is 0 Å². The summed E-state index contributed by atoms with van der Waals surface area (Å²) in [6.07, 6.45) is 3.68. The maximum Gasteiger partial charge on any atom is 0.223 e. The lowest BCUT2D eigenvalue weighted by Crippen LogP contribution is -2.45. The first-order valence-electron chi connectivity index (χ1n) is 7.32. The van der Waals surface area contributed by atoms with Gasteiger partial charge in [-0.1, -0.05) is 25.0 Å². The molecular formula is C16H23NO3. The van der Waals surface area contributed by atoms with Gasteiger partial charge in [-0.05, 0) is 37.5 Å². The second-order valence-electron chi connectivity index (χ2n) is 5.44. The van der Waals surface area contributed by atoms with Gasteiger partial charge < -0.3 is 15.2 Å². The van der Waals surface area contributed by atoms with Crippen LogP contribution in [0, 0.1) is 6.92 Å². The molecule has 1 saturated carbocycles. The van der Waals surface area contributed by atoms with Gasteiger partial charge in [0.15, 0.2) is 0 Å². The summed E-state index contributed by atoms with van der Waals surface area (Å²) in [5.74, 6) is 0.735. The predicted octanol–water partition coefficient (Wildman–Crippen LogP) is 2.18. The van der Waals surface area contributed by atoms with Crippen molar-refractivity contribution in [1.29, 1.82) is 0 Å². The second kappa shape index (κ2) is 7.29. The van der Waals surface area contributed by atoms with Gasteiger partial charge >= 0.3 is 0 Å². The van der Waals surface area contributed by atoms with Gasteiger partial charge in [-0.15, -0.1) is 0 Å². The molecule has 2 atom stereocenters. The lowest BCUT2D eigenvalue weighted by Gasteiger charge is -2.28. The first-order chi connectivity index (χ1) is 9.65. The minimum absolute atomic E-state index is 0.0522. The molecule has 1 amide bonds. The highest BCUT2D eigenvalue weighted by molar-refractivity contribution is 5.76. The van der Waals surface area contributed by atoms with E-state index in [2.05, 4.69) is 5.32 Å². The van der Waals surface area contributed by atoms with Crippen LogP contribution in [0.1, 0.15) is 37.7 Å². The van der Waals surface area contributed by atoms with Gasteiger partial charge in [-0.3, -0.25) is 4.79 Å². The monoisotopic (exact) mass is 277 g/mol. The maximum atomic E-state index is 11.8. The molecule has 1 aliphatic carbocycles. The Balaban J connectivity index is 1.70. The Morgan fingerprint density at radius 2 is 2.20 bits per heavy atom. The molecule has 110 valence electrons. The third kappa shape index (κ3) is 4.53. The Kier molecular flexibility index (Phi) is 5.41. The number of benzene rings is 1. The second-order valence-corrected chi connectivity index (χ2v) is 5.44. The van der Waals surface area contributed by atoms with E-state index in [1.54, 1.807) is 0 Å². The quantitative estimate of drug-likeness (QED) is 0.867. The molecule has 0 bridgehead atoms. The number of nitrogens with one attached hydrogen (secondary N) is 1. The van der Waals surface area contributed by atoms with E-state index < -0.39 is 6.10 Å². The SMILES string of the molecule is Cc1cccc(OCCC(=O)N[C@H]2CCCC[C@@H]2O)c1. The molecule has 2 rings (SSSR count). The maximum absolute atomic E-state index is 11.8. The number of ether oxygens (including phenoxy) is 1. The number of aliphatic hydroxyl groups excluding tert-OH is 1. The largest absolute Gasteiger partial charge is 0.493 e. The Labute approximate surface area is 120 Å². The minimum Gasteiger partial charge on any atom is -0.493 e. The average molecular weight is 277 g/mol. The molecule has 0 saturated heterocycles. The molecule has 0 aromatic heterocycles. The number of hydrogen-bond acceptors (Lipinski definition) is 3. The van der Waals surface area contributed by atoms with E-state index in [-0.39, 0.29) is 11.9 Å². The van der Waals surface area contributed by atoms with Gasteiger partial charge in [0, 0.05) is 0 Å². The molecule has 4 nitrogen and oxygen atoms in total. The Hall–Kier alpha value is -1.55. The molecule has 1 aromatic carbocycles. The van der Waals surface area contributed by atoms with Crippen molar-refractivity contribution < 1.29 is 14.6 Å². The van der Waals surface area contributed by atoms with Crippen LogP contribution < -0.4 is 10.1 Å². The van der Waals surface area contributed by atoms with E-state index in [4.69, 9.17) is 4.74 Å². The molecule has 1 aromatic rings. The molecule has 0 heterocycles. The van der Waals surface area contributed by atoms with E-state index in [0.29, 0.717) is 13.0 Å².